The number of hydrogen-bond donors (Lipinski definition) is 1. The molecule has 0 spiro atoms. The second-order valence-corrected chi connectivity index (χ2v) is 2.86. The maximum absolute atomic E-state index is 7.30. The Morgan fingerprint density at radius 1 is 1.50 bits per heavy atom. The largest absolute Gasteiger partial charge is 0.309 e. The molecule has 8 heavy (non-hydrogen) atoms. The molecule has 1 nitrogen and oxygen atoms in total. The summed E-state index contributed by atoms with van der Waals surface area (Å²) in [6.07, 6.45) is 1.06. The first-order chi connectivity index (χ1) is 3.50. The molecule has 0 bridgehead atoms. The average Bonchev–Trinajstić information content (AvgIpc) is 1.67. The molecule has 0 radical (unpaired) electrons. The lowest BCUT2D eigenvalue weighted by atomic mass is 9.86. The summed E-state index contributed by atoms with van der Waals surface area (Å²) in [7, 11) is 0. The van der Waals surface area contributed by atoms with Gasteiger partial charge in [0.2, 0.25) is 0 Å². The number of hydrogen-bond acceptors (Lipinski definition) is 1. The summed E-state index contributed by atoms with van der Waals surface area (Å²) in [4.78, 5) is 0. The maximum Gasteiger partial charge on any atom is 0.0114 e. The molecule has 0 amide bonds. The van der Waals surface area contributed by atoms with Crippen LogP contribution in [0.5, 0.6) is 0 Å². The number of rotatable bonds is 2. The van der Waals surface area contributed by atoms with Crippen molar-refractivity contribution in [2.75, 3.05) is 0 Å². The molecule has 0 aromatic heterocycles. The Balaban J connectivity index is 3.91. The molecular formula is C7H15N. The van der Waals surface area contributed by atoms with Gasteiger partial charge in [-0.2, -0.15) is 0 Å². The van der Waals surface area contributed by atoms with Crippen LogP contribution in [0.2, 0.25) is 0 Å². The first-order valence-corrected chi connectivity index (χ1v) is 3.06. The summed E-state index contributed by atoms with van der Waals surface area (Å²) < 4.78 is 0. The van der Waals surface area contributed by atoms with E-state index in [0.29, 0.717) is 0 Å². The van der Waals surface area contributed by atoms with E-state index in [1.165, 1.54) is 0 Å². The third-order valence-corrected chi connectivity index (χ3v) is 1.90. The molecule has 0 saturated carbocycles. The van der Waals surface area contributed by atoms with Crippen LogP contribution in [0.1, 0.15) is 34.1 Å². The Morgan fingerprint density at radius 2 is 1.88 bits per heavy atom. The minimum atomic E-state index is 0.125. The van der Waals surface area contributed by atoms with Gasteiger partial charge in [0, 0.05) is 11.1 Å². The van der Waals surface area contributed by atoms with Gasteiger partial charge in [-0.3, -0.25) is 0 Å². The zero-order chi connectivity index (χ0) is 6.78. The molecular weight excluding hydrogens is 98.1 g/mol. The summed E-state index contributed by atoms with van der Waals surface area (Å²) in [5, 5.41) is 7.30. The molecule has 1 N–H and O–H groups in total. The molecule has 0 aliphatic carbocycles. The van der Waals surface area contributed by atoms with E-state index in [4.69, 9.17) is 5.41 Å². The molecule has 0 atom stereocenters. The molecule has 0 saturated heterocycles. The fourth-order valence-electron chi connectivity index (χ4n) is 0.265. The highest BCUT2D eigenvalue weighted by Gasteiger charge is 2.16. The third-order valence-electron chi connectivity index (χ3n) is 1.90. The van der Waals surface area contributed by atoms with Crippen LogP contribution in [0, 0.1) is 10.8 Å². The molecule has 48 valence electrons. The van der Waals surface area contributed by atoms with E-state index in [9.17, 15) is 0 Å². The molecule has 1 heteroatoms. The van der Waals surface area contributed by atoms with E-state index >= 15 is 0 Å². The van der Waals surface area contributed by atoms with E-state index < -0.39 is 0 Å². The van der Waals surface area contributed by atoms with Crippen molar-refractivity contribution in [2.45, 2.75) is 34.1 Å². The smallest absolute Gasteiger partial charge is 0.0114 e. The quantitative estimate of drug-likeness (QED) is 0.532. The molecule has 0 aliphatic heterocycles. The SMILES string of the molecule is CCC(C)(C)C(C)=N. The van der Waals surface area contributed by atoms with Gasteiger partial charge >= 0.3 is 0 Å². The first-order valence-electron chi connectivity index (χ1n) is 3.06. The summed E-state index contributed by atoms with van der Waals surface area (Å²) in [5.74, 6) is 0. The standard InChI is InChI=1S/C7H15N/c1-5-7(3,4)6(2)8/h8H,5H2,1-4H3. The average molecular weight is 113 g/mol. The van der Waals surface area contributed by atoms with Gasteiger partial charge < -0.3 is 5.41 Å². The van der Waals surface area contributed by atoms with E-state index in [2.05, 4.69) is 20.8 Å². The van der Waals surface area contributed by atoms with Crippen molar-refractivity contribution < 1.29 is 0 Å². The van der Waals surface area contributed by atoms with E-state index in [1.807, 2.05) is 6.92 Å². The first kappa shape index (κ1) is 7.67. The zero-order valence-corrected chi connectivity index (χ0v) is 6.21. The summed E-state index contributed by atoms with van der Waals surface area (Å²) in [6, 6.07) is 0. The maximum atomic E-state index is 7.30. The summed E-state index contributed by atoms with van der Waals surface area (Å²) >= 11 is 0. The van der Waals surface area contributed by atoms with Crippen molar-refractivity contribution in [1.82, 2.24) is 0 Å². The zero-order valence-electron chi connectivity index (χ0n) is 6.21. The minimum absolute atomic E-state index is 0.125. The Labute approximate surface area is 51.6 Å². The van der Waals surface area contributed by atoms with Crippen LogP contribution in [0.25, 0.3) is 0 Å². The topological polar surface area (TPSA) is 23.9 Å². The second kappa shape index (κ2) is 2.29. The van der Waals surface area contributed by atoms with Crippen LogP contribution in [-0.4, -0.2) is 5.71 Å². The molecule has 0 heterocycles. The molecule has 0 unspecified atom stereocenters. The molecule has 0 aromatic rings. The molecule has 0 aromatic carbocycles. The fraction of sp³-hybridized carbons (Fsp3) is 0.857. The lowest BCUT2D eigenvalue weighted by Crippen LogP contribution is -2.18. The highest BCUT2D eigenvalue weighted by Crippen LogP contribution is 2.19. The molecule has 0 rings (SSSR count). The Kier molecular flexibility index (Phi) is 2.20. The summed E-state index contributed by atoms with van der Waals surface area (Å²) in [5.41, 5.74) is 0.903. The lowest BCUT2D eigenvalue weighted by Gasteiger charge is -2.20. The van der Waals surface area contributed by atoms with Crippen LogP contribution in [-0.2, 0) is 0 Å². The van der Waals surface area contributed by atoms with Gasteiger partial charge in [-0.25, -0.2) is 0 Å². The lowest BCUT2D eigenvalue weighted by molar-refractivity contribution is 0.498. The highest BCUT2D eigenvalue weighted by atomic mass is 14.5. The van der Waals surface area contributed by atoms with Crippen LogP contribution in [0.4, 0.5) is 0 Å². The van der Waals surface area contributed by atoms with Crippen molar-refractivity contribution in [3.8, 4) is 0 Å². The van der Waals surface area contributed by atoms with E-state index in [1.54, 1.807) is 0 Å². The highest BCUT2D eigenvalue weighted by molar-refractivity contribution is 5.84. The van der Waals surface area contributed by atoms with Gasteiger partial charge in [0.1, 0.15) is 0 Å². The summed E-state index contributed by atoms with van der Waals surface area (Å²) in [6.45, 7) is 8.16. The van der Waals surface area contributed by atoms with Crippen LogP contribution in [0.3, 0.4) is 0 Å². The normalized spacial score (nSPS) is 11.5. The third kappa shape index (κ3) is 1.65. The fourth-order valence-corrected chi connectivity index (χ4v) is 0.265. The van der Waals surface area contributed by atoms with Crippen LogP contribution >= 0.6 is 0 Å². The predicted octanol–water partition coefficient (Wildman–Crippen LogP) is 2.46. The van der Waals surface area contributed by atoms with Crippen LogP contribution in [0.15, 0.2) is 0 Å². The van der Waals surface area contributed by atoms with Gasteiger partial charge in [0.15, 0.2) is 0 Å². The predicted molar refractivity (Wildman–Crippen MR) is 37.5 cm³/mol. The Morgan fingerprint density at radius 3 is 1.88 bits per heavy atom. The molecule has 0 fully saturated rings. The van der Waals surface area contributed by atoms with Gasteiger partial charge in [0.25, 0.3) is 0 Å². The van der Waals surface area contributed by atoms with Gasteiger partial charge in [-0.05, 0) is 13.3 Å². The monoisotopic (exact) mass is 113 g/mol. The Hall–Kier alpha value is -0.330. The van der Waals surface area contributed by atoms with E-state index in [-0.39, 0.29) is 5.41 Å². The minimum Gasteiger partial charge on any atom is -0.309 e. The van der Waals surface area contributed by atoms with E-state index in [0.717, 1.165) is 12.1 Å². The number of nitrogens with one attached hydrogen (secondary N) is 1. The van der Waals surface area contributed by atoms with Crippen molar-refractivity contribution in [3.05, 3.63) is 0 Å². The Bertz CT molecular complexity index is 92.6. The van der Waals surface area contributed by atoms with Crippen molar-refractivity contribution in [3.63, 3.8) is 0 Å². The van der Waals surface area contributed by atoms with Crippen LogP contribution < -0.4 is 0 Å². The van der Waals surface area contributed by atoms with Crippen molar-refractivity contribution in [1.29, 1.82) is 5.41 Å². The van der Waals surface area contributed by atoms with Crippen molar-refractivity contribution >= 4 is 5.71 Å². The molecule has 0 aliphatic rings. The van der Waals surface area contributed by atoms with Gasteiger partial charge in [-0.1, -0.05) is 20.8 Å². The van der Waals surface area contributed by atoms with Gasteiger partial charge in [-0.15, -0.1) is 0 Å². The van der Waals surface area contributed by atoms with Crippen molar-refractivity contribution in [2.24, 2.45) is 5.41 Å². The second-order valence-electron chi connectivity index (χ2n) is 2.86. The van der Waals surface area contributed by atoms with Gasteiger partial charge in [0.05, 0.1) is 0 Å².